The summed E-state index contributed by atoms with van der Waals surface area (Å²) in [6, 6.07) is 11.0. The molecular weight excluding hydrogens is 334 g/mol. The van der Waals surface area contributed by atoms with E-state index in [2.05, 4.69) is 31.5 Å². The Morgan fingerprint density at radius 2 is 2.14 bits per heavy atom. The number of carbonyl (C=O) groups is 1. The fourth-order valence-electron chi connectivity index (χ4n) is 1.71. The molecule has 0 saturated carbocycles. The first-order valence-corrected chi connectivity index (χ1v) is 7.25. The SMILES string of the molecule is COCCNc1ccnc(C(=O)Nc2ccccc2Br)c1. The number of anilines is 2. The van der Waals surface area contributed by atoms with Crippen LogP contribution in [0.4, 0.5) is 11.4 Å². The number of ether oxygens (including phenoxy) is 1. The molecule has 2 N–H and O–H groups in total. The molecule has 6 heteroatoms. The van der Waals surface area contributed by atoms with E-state index in [9.17, 15) is 4.79 Å². The molecule has 1 amide bonds. The van der Waals surface area contributed by atoms with E-state index in [1.54, 1.807) is 19.4 Å². The smallest absolute Gasteiger partial charge is 0.274 e. The Morgan fingerprint density at radius 1 is 1.33 bits per heavy atom. The van der Waals surface area contributed by atoms with Crippen molar-refractivity contribution in [1.82, 2.24) is 4.98 Å². The number of benzene rings is 1. The summed E-state index contributed by atoms with van der Waals surface area (Å²) in [5, 5.41) is 5.98. The topological polar surface area (TPSA) is 63.2 Å². The molecule has 0 unspecified atom stereocenters. The van der Waals surface area contributed by atoms with Crippen molar-refractivity contribution in [2.75, 3.05) is 30.9 Å². The lowest BCUT2D eigenvalue weighted by molar-refractivity contribution is 0.102. The summed E-state index contributed by atoms with van der Waals surface area (Å²) in [5.41, 5.74) is 1.90. The molecule has 21 heavy (non-hydrogen) atoms. The van der Waals surface area contributed by atoms with Crippen LogP contribution in [0.25, 0.3) is 0 Å². The maximum atomic E-state index is 12.2. The number of hydrogen-bond acceptors (Lipinski definition) is 4. The van der Waals surface area contributed by atoms with Gasteiger partial charge >= 0.3 is 0 Å². The van der Waals surface area contributed by atoms with Gasteiger partial charge in [-0.2, -0.15) is 0 Å². The zero-order valence-electron chi connectivity index (χ0n) is 11.6. The van der Waals surface area contributed by atoms with Crippen molar-refractivity contribution in [3.8, 4) is 0 Å². The lowest BCUT2D eigenvalue weighted by atomic mass is 10.2. The summed E-state index contributed by atoms with van der Waals surface area (Å²) >= 11 is 3.39. The second-order valence-electron chi connectivity index (χ2n) is 4.28. The molecule has 110 valence electrons. The van der Waals surface area contributed by atoms with Gasteiger partial charge in [-0.25, -0.2) is 0 Å². The van der Waals surface area contributed by atoms with E-state index in [1.807, 2.05) is 30.3 Å². The van der Waals surface area contributed by atoms with Crippen LogP contribution in [0.5, 0.6) is 0 Å². The molecule has 0 aliphatic heterocycles. The molecule has 0 saturated heterocycles. The van der Waals surface area contributed by atoms with Crippen LogP contribution in [0.2, 0.25) is 0 Å². The van der Waals surface area contributed by atoms with Gasteiger partial charge in [-0.05, 0) is 40.2 Å². The van der Waals surface area contributed by atoms with Gasteiger partial charge in [-0.1, -0.05) is 12.1 Å². The van der Waals surface area contributed by atoms with Gasteiger partial charge in [-0.3, -0.25) is 9.78 Å². The van der Waals surface area contributed by atoms with Crippen molar-refractivity contribution < 1.29 is 9.53 Å². The quantitative estimate of drug-likeness (QED) is 0.786. The first kappa shape index (κ1) is 15.5. The third-order valence-corrected chi connectivity index (χ3v) is 3.44. The first-order chi connectivity index (χ1) is 10.2. The fourth-order valence-corrected chi connectivity index (χ4v) is 2.09. The number of para-hydroxylation sites is 1. The van der Waals surface area contributed by atoms with E-state index >= 15 is 0 Å². The van der Waals surface area contributed by atoms with Crippen molar-refractivity contribution in [3.05, 3.63) is 52.8 Å². The van der Waals surface area contributed by atoms with Gasteiger partial charge < -0.3 is 15.4 Å². The first-order valence-electron chi connectivity index (χ1n) is 6.45. The zero-order chi connectivity index (χ0) is 15.1. The van der Waals surface area contributed by atoms with Crippen molar-refractivity contribution in [2.45, 2.75) is 0 Å². The summed E-state index contributed by atoms with van der Waals surface area (Å²) in [5.74, 6) is -0.253. The molecule has 0 bridgehead atoms. The van der Waals surface area contributed by atoms with Crippen LogP contribution < -0.4 is 10.6 Å². The minimum Gasteiger partial charge on any atom is -0.383 e. The van der Waals surface area contributed by atoms with E-state index in [0.29, 0.717) is 24.5 Å². The van der Waals surface area contributed by atoms with Crippen molar-refractivity contribution in [2.24, 2.45) is 0 Å². The molecule has 0 atom stereocenters. The fraction of sp³-hybridized carbons (Fsp3) is 0.200. The predicted molar refractivity (Wildman–Crippen MR) is 86.7 cm³/mol. The maximum Gasteiger partial charge on any atom is 0.274 e. The maximum absolute atomic E-state index is 12.2. The Labute approximate surface area is 131 Å². The molecule has 2 aromatic rings. The summed E-state index contributed by atoms with van der Waals surface area (Å²) in [6.45, 7) is 1.27. The summed E-state index contributed by atoms with van der Waals surface area (Å²) in [4.78, 5) is 16.3. The van der Waals surface area contributed by atoms with Crippen LogP contribution in [-0.2, 0) is 4.74 Å². The minimum absolute atomic E-state index is 0.253. The molecule has 0 aliphatic carbocycles. The van der Waals surface area contributed by atoms with Gasteiger partial charge in [0, 0.05) is 30.0 Å². The molecule has 0 radical (unpaired) electrons. The van der Waals surface area contributed by atoms with E-state index in [-0.39, 0.29) is 5.91 Å². The Kier molecular flexibility index (Phi) is 5.71. The summed E-state index contributed by atoms with van der Waals surface area (Å²) in [7, 11) is 1.64. The average Bonchev–Trinajstić information content (AvgIpc) is 2.50. The number of amides is 1. The van der Waals surface area contributed by atoms with Gasteiger partial charge in [0.05, 0.1) is 12.3 Å². The number of hydrogen-bond donors (Lipinski definition) is 2. The van der Waals surface area contributed by atoms with E-state index in [1.165, 1.54) is 0 Å². The molecule has 2 rings (SSSR count). The van der Waals surface area contributed by atoms with Crippen molar-refractivity contribution in [1.29, 1.82) is 0 Å². The number of nitrogens with zero attached hydrogens (tertiary/aromatic N) is 1. The molecule has 1 heterocycles. The molecular formula is C15H16BrN3O2. The standard InChI is InChI=1S/C15H16BrN3O2/c1-21-9-8-17-11-6-7-18-14(10-11)15(20)19-13-5-3-2-4-12(13)16/h2-7,10H,8-9H2,1H3,(H,17,18)(H,19,20). The lowest BCUT2D eigenvalue weighted by Crippen LogP contribution is -2.15. The largest absolute Gasteiger partial charge is 0.383 e. The van der Waals surface area contributed by atoms with Crippen LogP contribution in [-0.4, -0.2) is 31.2 Å². The third-order valence-electron chi connectivity index (χ3n) is 2.75. The molecule has 5 nitrogen and oxygen atoms in total. The van der Waals surface area contributed by atoms with Crippen molar-refractivity contribution in [3.63, 3.8) is 0 Å². The highest BCUT2D eigenvalue weighted by atomic mass is 79.9. The highest BCUT2D eigenvalue weighted by Crippen LogP contribution is 2.21. The predicted octanol–water partition coefficient (Wildman–Crippen LogP) is 3.15. The highest BCUT2D eigenvalue weighted by Gasteiger charge is 2.09. The van der Waals surface area contributed by atoms with Crippen LogP contribution in [0.15, 0.2) is 47.1 Å². The van der Waals surface area contributed by atoms with Gasteiger partial charge in [0.2, 0.25) is 0 Å². The van der Waals surface area contributed by atoms with Crippen LogP contribution in [0.1, 0.15) is 10.5 Å². The van der Waals surface area contributed by atoms with Gasteiger partial charge in [0.15, 0.2) is 0 Å². The molecule has 0 fully saturated rings. The zero-order valence-corrected chi connectivity index (χ0v) is 13.2. The molecule has 1 aromatic heterocycles. The number of rotatable bonds is 6. The second-order valence-corrected chi connectivity index (χ2v) is 5.14. The second kappa shape index (κ2) is 7.75. The monoisotopic (exact) mass is 349 g/mol. The molecule has 0 spiro atoms. The summed E-state index contributed by atoms with van der Waals surface area (Å²) < 4.78 is 5.80. The number of aromatic nitrogens is 1. The molecule has 0 aliphatic rings. The Hall–Kier alpha value is -1.92. The van der Waals surface area contributed by atoms with Gasteiger partial charge in [-0.15, -0.1) is 0 Å². The van der Waals surface area contributed by atoms with E-state index < -0.39 is 0 Å². The van der Waals surface area contributed by atoms with Crippen LogP contribution in [0.3, 0.4) is 0 Å². The highest BCUT2D eigenvalue weighted by molar-refractivity contribution is 9.10. The van der Waals surface area contributed by atoms with Gasteiger partial charge in [0.25, 0.3) is 5.91 Å². The number of nitrogens with one attached hydrogen (secondary N) is 2. The molecule has 1 aromatic carbocycles. The Morgan fingerprint density at radius 3 is 2.90 bits per heavy atom. The van der Waals surface area contributed by atoms with Gasteiger partial charge in [0.1, 0.15) is 5.69 Å². The number of methoxy groups -OCH3 is 1. The van der Waals surface area contributed by atoms with Crippen LogP contribution in [0, 0.1) is 0 Å². The van der Waals surface area contributed by atoms with E-state index in [4.69, 9.17) is 4.74 Å². The Bertz CT molecular complexity index is 619. The van der Waals surface area contributed by atoms with Crippen molar-refractivity contribution >= 4 is 33.2 Å². The minimum atomic E-state index is -0.253. The normalized spacial score (nSPS) is 10.2. The summed E-state index contributed by atoms with van der Waals surface area (Å²) in [6.07, 6.45) is 1.60. The lowest BCUT2D eigenvalue weighted by Gasteiger charge is -2.09. The number of halogens is 1. The van der Waals surface area contributed by atoms with E-state index in [0.717, 1.165) is 10.2 Å². The Balaban J connectivity index is 2.05. The van der Waals surface area contributed by atoms with Crippen LogP contribution >= 0.6 is 15.9 Å². The number of carbonyl (C=O) groups excluding carboxylic acids is 1. The average molecular weight is 350 g/mol. The number of pyridine rings is 1. The third kappa shape index (κ3) is 4.54.